The highest BCUT2D eigenvalue weighted by Gasteiger charge is 2.29. The number of piperidine rings is 1. The van der Waals surface area contributed by atoms with E-state index in [0.717, 1.165) is 25.9 Å². The average molecular weight is 238 g/mol. The van der Waals surface area contributed by atoms with Crippen LogP contribution in [-0.4, -0.2) is 36.0 Å². The van der Waals surface area contributed by atoms with E-state index < -0.39 is 0 Å². The van der Waals surface area contributed by atoms with Gasteiger partial charge in [-0.1, -0.05) is 13.3 Å². The van der Waals surface area contributed by atoms with Crippen LogP contribution in [-0.2, 0) is 4.79 Å². The minimum Gasteiger partial charge on any atom is -0.340 e. The molecule has 0 aliphatic carbocycles. The van der Waals surface area contributed by atoms with Crippen LogP contribution in [0.2, 0.25) is 0 Å². The minimum atomic E-state index is 0.370. The third kappa shape index (κ3) is 3.44. The zero-order chi connectivity index (χ0) is 12.3. The summed E-state index contributed by atoms with van der Waals surface area (Å²) in [6, 6.07) is 1.04. The number of likely N-dealkylation sites (tertiary alicyclic amines) is 1. The lowest BCUT2D eigenvalue weighted by molar-refractivity contribution is -0.132. The quantitative estimate of drug-likeness (QED) is 0.817. The number of nitrogens with one attached hydrogen (secondary N) is 1. The Morgan fingerprint density at radius 3 is 2.76 bits per heavy atom. The fourth-order valence-corrected chi connectivity index (χ4v) is 3.26. The molecule has 0 aromatic carbocycles. The number of hydrogen-bond acceptors (Lipinski definition) is 2. The molecule has 1 N–H and O–H groups in total. The second-order valence-electron chi connectivity index (χ2n) is 5.92. The van der Waals surface area contributed by atoms with Gasteiger partial charge in [-0.2, -0.15) is 0 Å². The van der Waals surface area contributed by atoms with E-state index in [9.17, 15) is 4.79 Å². The number of hydrogen-bond donors (Lipinski definition) is 1. The summed E-state index contributed by atoms with van der Waals surface area (Å²) in [6.45, 7) is 6.53. The lowest BCUT2D eigenvalue weighted by atomic mass is 10.0. The van der Waals surface area contributed by atoms with Gasteiger partial charge < -0.3 is 10.2 Å². The van der Waals surface area contributed by atoms with E-state index in [1.165, 1.54) is 25.7 Å². The van der Waals surface area contributed by atoms with Crippen molar-refractivity contribution >= 4 is 5.91 Å². The van der Waals surface area contributed by atoms with Gasteiger partial charge in [0.1, 0.15) is 0 Å². The zero-order valence-electron chi connectivity index (χ0n) is 11.2. The van der Waals surface area contributed by atoms with Gasteiger partial charge in [-0.3, -0.25) is 4.79 Å². The maximum atomic E-state index is 12.1. The number of nitrogens with zero attached hydrogens (tertiary/aromatic N) is 1. The SMILES string of the molecule is CC1CC(C)N(C(=O)CCC2CCCCN2)C1. The second-order valence-corrected chi connectivity index (χ2v) is 5.92. The predicted molar refractivity (Wildman–Crippen MR) is 69.8 cm³/mol. The molecule has 3 heteroatoms. The van der Waals surface area contributed by atoms with E-state index >= 15 is 0 Å². The molecule has 3 unspecified atom stereocenters. The molecular formula is C14H26N2O. The average Bonchev–Trinajstić information content (AvgIpc) is 2.67. The third-order valence-electron chi connectivity index (χ3n) is 4.22. The maximum Gasteiger partial charge on any atom is 0.222 e. The van der Waals surface area contributed by atoms with Gasteiger partial charge in [-0.05, 0) is 45.1 Å². The Labute approximate surface area is 105 Å². The van der Waals surface area contributed by atoms with Crippen molar-refractivity contribution in [2.24, 2.45) is 5.92 Å². The molecule has 98 valence electrons. The predicted octanol–water partition coefficient (Wildman–Crippen LogP) is 2.17. The summed E-state index contributed by atoms with van der Waals surface area (Å²) in [6.07, 6.45) is 6.80. The molecule has 2 rings (SSSR count). The van der Waals surface area contributed by atoms with Crippen molar-refractivity contribution in [1.29, 1.82) is 0 Å². The zero-order valence-corrected chi connectivity index (χ0v) is 11.2. The molecule has 2 heterocycles. The fourth-order valence-electron chi connectivity index (χ4n) is 3.26. The maximum absolute atomic E-state index is 12.1. The van der Waals surface area contributed by atoms with Crippen LogP contribution in [0.15, 0.2) is 0 Å². The molecule has 2 saturated heterocycles. The van der Waals surface area contributed by atoms with E-state index in [0.29, 0.717) is 23.9 Å². The van der Waals surface area contributed by atoms with Crippen LogP contribution in [0.3, 0.4) is 0 Å². The topological polar surface area (TPSA) is 32.3 Å². The van der Waals surface area contributed by atoms with Crippen molar-refractivity contribution in [3.63, 3.8) is 0 Å². The molecule has 2 aliphatic heterocycles. The number of amides is 1. The van der Waals surface area contributed by atoms with Crippen molar-refractivity contribution in [1.82, 2.24) is 10.2 Å². The smallest absolute Gasteiger partial charge is 0.222 e. The molecule has 3 nitrogen and oxygen atoms in total. The first-order valence-electron chi connectivity index (χ1n) is 7.19. The Hall–Kier alpha value is -0.570. The standard InChI is InChI=1S/C14H26N2O/c1-11-9-12(2)16(10-11)14(17)7-6-13-5-3-4-8-15-13/h11-13,15H,3-10H2,1-2H3. The molecule has 3 atom stereocenters. The van der Waals surface area contributed by atoms with Gasteiger partial charge in [0.15, 0.2) is 0 Å². The second kappa shape index (κ2) is 5.85. The first-order chi connectivity index (χ1) is 8.16. The summed E-state index contributed by atoms with van der Waals surface area (Å²) in [5.74, 6) is 1.05. The summed E-state index contributed by atoms with van der Waals surface area (Å²) < 4.78 is 0. The molecule has 2 fully saturated rings. The molecule has 0 bridgehead atoms. The van der Waals surface area contributed by atoms with Crippen LogP contribution < -0.4 is 5.32 Å². The van der Waals surface area contributed by atoms with Crippen LogP contribution in [0.4, 0.5) is 0 Å². The van der Waals surface area contributed by atoms with Crippen molar-refractivity contribution < 1.29 is 4.79 Å². The minimum absolute atomic E-state index is 0.370. The van der Waals surface area contributed by atoms with Gasteiger partial charge >= 0.3 is 0 Å². The van der Waals surface area contributed by atoms with Gasteiger partial charge in [-0.15, -0.1) is 0 Å². The number of carbonyl (C=O) groups is 1. The van der Waals surface area contributed by atoms with Crippen LogP contribution >= 0.6 is 0 Å². The summed E-state index contributed by atoms with van der Waals surface area (Å²) in [5, 5.41) is 3.51. The monoisotopic (exact) mass is 238 g/mol. The van der Waals surface area contributed by atoms with E-state index in [1.54, 1.807) is 0 Å². The first kappa shape index (κ1) is 12.9. The van der Waals surface area contributed by atoms with E-state index in [-0.39, 0.29) is 0 Å². The van der Waals surface area contributed by atoms with Crippen LogP contribution in [0, 0.1) is 5.92 Å². The molecule has 0 aromatic rings. The molecule has 0 spiro atoms. The van der Waals surface area contributed by atoms with Crippen molar-refractivity contribution in [3.8, 4) is 0 Å². The Bertz CT molecular complexity index is 261. The summed E-state index contributed by atoms with van der Waals surface area (Å²) in [5.41, 5.74) is 0. The fraction of sp³-hybridized carbons (Fsp3) is 0.929. The van der Waals surface area contributed by atoms with Crippen LogP contribution in [0.1, 0.15) is 52.4 Å². The number of rotatable bonds is 3. The van der Waals surface area contributed by atoms with Crippen LogP contribution in [0.5, 0.6) is 0 Å². The molecule has 2 aliphatic rings. The lowest BCUT2D eigenvalue weighted by Gasteiger charge is -2.25. The summed E-state index contributed by atoms with van der Waals surface area (Å²) in [4.78, 5) is 14.2. The molecule has 17 heavy (non-hydrogen) atoms. The highest BCUT2D eigenvalue weighted by molar-refractivity contribution is 5.76. The number of carbonyl (C=O) groups excluding carboxylic acids is 1. The summed E-state index contributed by atoms with van der Waals surface area (Å²) >= 11 is 0. The Morgan fingerprint density at radius 2 is 2.18 bits per heavy atom. The van der Waals surface area contributed by atoms with Gasteiger partial charge in [0.25, 0.3) is 0 Å². The highest BCUT2D eigenvalue weighted by atomic mass is 16.2. The normalized spacial score (nSPS) is 34.0. The molecule has 1 amide bonds. The van der Waals surface area contributed by atoms with Crippen molar-refractivity contribution in [2.75, 3.05) is 13.1 Å². The van der Waals surface area contributed by atoms with Gasteiger partial charge in [0, 0.05) is 25.0 Å². The van der Waals surface area contributed by atoms with Gasteiger partial charge in [0.2, 0.25) is 5.91 Å². The van der Waals surface area contributed by atoms with Gasteiger partial charge in [-0.25, -0.2) is 0 Å². The molecular weight excluding hydrogens is 212 g/mol. The Morgan fingerprint density at radius 1 is 1.35 bits per heavy atom. The van der Waals surface area contributed by atoms with Gasteiger partial charge in [0.05, 0.1) is 0 Å². The Kier molecular flexibility index (Phi) is 4.43. The van der Waals surface area contributed by atoms with E-state index in [4.69, 9.17) is 0 Å². The Balaban J connectivity index is 1.73. The highest BCUT2D eigenvalue weighted by Crippen LogP contribution is 2.23. The van der Waals surface area contributed by atoms with Crippen LogP contribution in [0.25, 0.3) is 0 Å². The molecule has 0 radical (unpaired) electrons. The molecule has 0 saturated carbocycles. The largest absolute Gasteiger partial charge is 0.340 e. The third-order valence-corrected chi connectivity index (χ3v) is 4.22. The molecule has 0 aromatic heterocycles. The lowest BCUT2D eigenvalue weighted by Crippen LogP contribution is -2.37. The van der Waals surface area contributed by atoms with E-state index in [1.807, 2.05) is 0 Å². The van der Waals surface area contributed by atoms with Crippen molar-refractivity contribution in [3.05, 3.63) is 0 Å². The van der Waals surface area contributed by atoms with E-state index in [2.05, 4.69) is 24.1 Å². The van der Waals surface area contributed by atoms with Crippen molar-refractivity contribution in [2.45, 2.75) is 64.5 Å². The summed E-state index contributed by atoms with van der Waals surface area (Å²) in [7, 11) is 0. The first-order valence-corrected chi connectivity index (χ1v) is 7.19.